The Morgan fingerprint density at radius 1 is 1.12 bits per heavy atom. The lowest BCUT2D eigenvalue weighted by atomic mass is 9.93. The number of halogens is 2. The molecule has 0 aliphatic carbocycles. The van der Waals surface area contributed by atoms with Gasteiger partial charge in [0, 0.05) is 38.3 Å². The second kappa shape index (κ2) is 13.9. The van der Waals surface area contributed by atoms with Crippen LogP contribution in [0.5, 0.6) is 0 Å². The zero-order valence-corrected chi connectivity index (χ0v) is 16.0. The van der Waals surface area contributed by atoms with Gasteiger partial charge < -0.3 is 16.0 Å². The number of pyridine rings is 1. The summed E-state index contributed by atoms with van der Waals surface area (Å²) in [6.45, 7) is 2.98. The Labute approximate surface area is 161 Å². The van der Waals surface area contributed by atoms with Gasteiger partial charge >= 0.3 is 0 Å². The monoisotopic (exact) mass is 390 g/mol. The normalized spacial score (nSPS) is 13.9. The number of nitrogens with one attached hydrogen (secondary N) is 3. The molecule has 1 aromatic rings. The topological polar surface area (TPSA) is 83.1 Å². The Bertz CT molecular complexity index is 497. The molecule has 0 saturated carbocycles. The molecule has 2 amide bonds. The number of aromatic nitrogens is 1. The molecule has 0 unspecified atom stereocenters. The van der Waals surface area contributed by atoms with Gasteiger partial charge in [0.05, 0.1) is 0 Å². The molecule has 1 saturated heterocycles. The molecule has 0 spiro atoms. The molecule has 0 atom stereocenters. The maximum Gasteiger partial charge on any atom is 0.222 e. The number of hydrogen-bond acceptors (Lipinski definition) is 4. The van der Waals surface area contributed by atoms with Crippen molar-refractivity contribution >= 4 is 36.6 Å². The first-order chi connectivity index (χ1) is 11.2. The predicted octanol–water partition coefficient (Wildman–Crippen LogP) is 1.83. The van der Waals surface area contributed by atoms with E-state index in [1.165, 1.54) is 0 Å². The van der Waals surface area contributed by atoms with Crippen LogP contribution in [0.4, 0.5) is 0 Å². The van der Waals surface area contributed by atoms with Crippen LogP contribution in [0, 0.1) is 5.92 Å². The molecule has 2 heterocycles. The summed E-state index contributed by atoms with van der Waals surface area (Å²) in [7, 11) is 0. The van der Waals surface area contributed by atoms with Crippen molar-refractivity contribution in [3.63, 3.8) is 0 Å². The predicted molar refractivity (Wildman–Crippen MR) is 103 cm³/mol. The summed E-state index contributed by atoms with van der Waals surface area (Å²) in [6, 6.07) is 3.75. The minimum Gasteiger partial charge on any atom is -0.356 e. The van der Waals surface area contributed by atoms with Gasteiger partial charge in [0.25, 0.3) is 0 Å². The summed E-state index contributed by atoms with van der Waals surface area (Å²) in [5.74, 6) is 0.640. The van der Waals surface area contributed by atoms with Crippen molar-refractivity contribution < 1.29 is 9.59 Å². The Hall–Kier alpha value is -1.37. The third kappa shape index (κ3) is 10.3. The Morgan fingerprint density at radius 2 is 1.84 bits per heavy atom. The summed E-state index contributed by atoms with van der Waals surface area (Å²) in [6.07, 6.45) is 7.55. The van der Waals surface area contributed by atoms with Crippen LogP contribution in [0.3, 0.4) is 0 Å². The van der Waals surface area contributed by atoms with Gasteiger partial charge in [-0.1, -0.05) is 6.07 Å². The van der Waals surface area contributed by atoms with Crippen molar-refractivity contribution in [1.82, 2.24) is 20.9 Å². The summed E-state index contributed by atoms with van der Waals surface area (Å²) in [4.78, 5) is 27.5. The van der Waals surface area contributed by atoms with E-state index in [0.29, 0.717) is 31.8 Å². The van der Waals surface area contributed by atoms with E-state index in [4.69, 9.17) is 0 Å². The van der Waals surface area contributed by atoms with Crippen LogP contribution in [0.15, 0.2) is 24.5 Å². The molecule has 25 heavy (non-hydrogen) atoms. The van der Waals surface area contributed by atoms with Gasteiger partial charge in [-0.15, -0.1) is 24.8 Å². The SMILES string of the molecule is Cl.Cl.O=C(CCC1CCNCC1)NCCC(=O)NCc1cccnc1. The van der Waals surface area contributed by atoms with Crippen molar-refractivity contribution in [2.75, 3.05) is 19.6 Å². The first kappa shape index (κ1) is 23.6. The van der Waals surface area contributed by atoms with Gasteiger partial charge in [0.1, 0.15) is 0 Å². The molecule has 0 radical (unpaired) electrons. The van der Waals surface area contributed by atoms with Gasteiger partial charge in [-0.05, 0) is 49.9 Å². The smallest absolute Gasteiger partial charge is 0.222 e. The van der Waals surface area contributed by atoms with Crippen molar-refractivity contribution in [2.24, 2.45) is 5.92 Å². The second-order valence-electron chi connectivity index (χ2n) is 5.97. The average molecular weight is 391 g/mol. The third-order valence-electron chi connectivity index (χ3n) is 4.13. The molecule has 6 nitrogen and oxygen atoms in total. The molecular weight excluding hydrogens is 363 g/mol. The molecule has 0 bridgehead atoms. The van der Waals surface area contributed by atoms with Gasteiger partial charge in [-0.2, -0.15) is 0 Å². The summed E-state index contributed by atoms with van der Waals surface area (Å²) in [5.41, 5.74) is 0.965. The van der Waals surface area contributed by atoms with Crippen molar-refractivity contribution in [3.05, 3.63) is 30.1 Å². The van der Waals surface area contributed by atoms with Gasteiger partial charge in [0.2, 0.25) is 11.8 Å². The maximum absolute atomic E-state index is 11.8. The van der Waals surface area contributed by atoms with Gasteiger partial charge in [-0.3, -0.25) is 14.6 Å². The zero-order valence-electron chi connectivity index (χ0n) is 14.3. The lowest BCUT2D eigenvalue weighted by Crippen LogP contribution is -2.31. The van der Waals surface area contributed by atoms with E-state index in [1.54, 1.807) is 12.4 Å². The van der Waals surface area contributed by atoms with Crippen molar-refractivity contribution in [2.45, 2.75) is 38.6 Å². The fraction of sp³-hybridized carbons (Fsp3) is 0.588. The van der Waals surface area contributed by atoms with Crippen molar-refractivity contribution in [3.8, 4) is 0 Å². The molecule has 1 fully saturated rings. The molecule has 1 aliphatic heterocycles. The van der Waals surface area contributed by atoms with E-state index >= 15 is 0 Å². The lowest BCUT2D eigenvalue weighted by Gasteiger charge is -2.22. The van der Waals surface area contributed by atoms with Crippen LogP contribution < -0.4 is 16.0 Å². The number of carbonyl (C=O) groups is 2. The second-order valence-corrected chi connectivity index (χ2v) is 5.97. The molecule has 142 valence electrons. The number of piperidine rings is 1. The molecule has 1 aliphatic rings. The maximum atomic E-state index is 11.8. The van der Waals surface area contributed by atoms with Crippen LogP contribution in [-0.2, 0) is 16.1 Å². The average Bonchev–Trinajstić information content (AvgIpc) is 2.60. The minimum absolute atomic E-state index is 0. The van der Waals surface area contributed by atoms with Gasteiger partial charge in [0.15, 0.2) is 0 Å². The van der Waals surface area contributed by atoms with Crippen LogP contribution in [0.2, 0.25) is 0 Å². The van der Waals surface area contributed by atoms with Crippen LogP contribution >= 0.6 is 24.8 Å². The molecule has 2 rings (SSSR count). The van der Waals surface area contributed by atoms with Gasteiger partial charge in [-0.25, -0.2) is 0 Å². The van der Waals surface area contributed by atoms with Crippen LogP contribution in [0.1, 0.15) is 37.7 Å². The molecule has 8 heteroatoms. The zero-order chi connectivity index (χ0) is 16.3. The lowest BCUT2D eigenvalue weighted by molar-refractivity contribution is -0.122. The highest BCUT2D eigenvalue weighted by Crippen LogP contribution is 2.17. The van der Waals surface area contributed by atoms with E-state index in [1.807, 2.05) is 12.1 Å². The first-order valence-electron chi connectivity index (χ1n) is 8.37. The molecule has 3 N–H and O–H groups in total. The molecular formula is C17H28Cl2N4O2. The highest BCUT2D eigenvalue weighted by Gasteiger charge is 2.14. The number of amides is 2. The standard InChI is InChI=1S/C17H26N4O2.2ClH/c22-16(4-3-14-5-9-18-10-6-14)20-11-7-17(23)21-13-15-2-1-8-19-12-15;;/h1-2,8,12,14,18H,3-7,9-11,13H2,(H,20,22)(H,21,23);2*1H. The van der Waals surface area contributed by atoms with E-state index in [9.17, 15) is 9.59 Å². The summed E-state index contributed by atoms with van der Waals surface area (Å²) in [5, 5.41) is 8.97. The first-order valence-corrected chi connectivity index (χ1v) is 8.37. The Balaban J connectivity index is 0.00000288. The van der Waals surface area contributed by atoms with Crippen LogP contribution in [-0.4, -0.2) is 36.4 Å². The number of rotatable bonds is 8. The fourth-order valence-corrected chi connectivity index (χ4v) is 2.70. The minimum atomic E-state index is -0.0625. The van der Waals surface area contributed by atoms with E-state index in [0.717, 1.165) is 37.9 Å². The highest BCUT2D eigenvalue weighted by molar-refractivity contribution is 5.85. The molecule has 0 aromatic carbocycles. The van der Waals surface area contributed by atoms with E-state index in [-0.39, 0.29) is 36.6 Å². The highest BCUT2D eigenvalue weighted by atomic mass is 35.5. The Morgan fingerprint density at radius 3 is 2.52 bits per heavy atom. The van der Waals surface area contributed by atoms with Crippen LogP contribution in [0.25, 0.3) is 0 Å². The Kier molecular flexibility index (Phi) is 13.1. The molecule has 1 aromatic heterocycles. The fourth-order valence-electron chi connectivity index (χ4n) is 2.70. The van der Waals surface area contributed by atoms with E-state index < -0.39 is 0 Å². The third-order valence-corrected chi connectivity index (χ3v) is 4.13. The van der Waals surface area contributed by atoms with E-state index in [2.05, 4.69) is 20.9 Å². The summed E-state index contributed by atoms with van der Waals surface area (Å²) >= 11 is 0. The quantitative estimate of drug-likeness (QED) is 0.632. The summed E-state index contributed by atoms with van der Waals surface area (Å²) < 4.78 is 0. The number of nitrogens with zero attached hydrogens (tertiary/aromatic N) is 1. The van der Waals surface area contributed by atoms with Crippen molar-refractivity contribution in [1.29, 1.82) is 0 Å². The number of carbonyl (C=O) groups excluding carboxylic acids is 2. The largest absolute Gasteiger partial charge is 0.356 e. The number of hydrogen-bond donors (Lipinski definition) is 3.